The molecule has 2 heterocycles. The van der Waals surface area contributed by atoms with Gasteiger partial charge in [0, 0.05) is 17.3 Å². The van der Waals surface area contributed by atoms with Gasteiger partial charge in [-0.1, -0.05) is 23.7 Å². The van der Waals surface area contributed by atoms with Crippen molar-refractivity contribution in [3.05, 3.63) is 64.6 Å². The molecule has 0 aliphatic carbocycles. The largest absolute Gasteiger partial charge is 0.308 e. The Morgan fingerprint density at radius 3 is 2.65 bits per heavy atom. The van der Waals surface area contributed by atoms with E-state index < -0.39 is 12.3 Å². The van der Waals surface area contributed by atoms with Crippen LogP contribution in [0.1, 0.15) is 23.4 Å². The number of carbonyl (C=O) groups excluding carboxylic acids is 1. The van der Waals surface area contributed by atoms with Gasteiger partial charge < -0.3 is 5.32 Å². The van der Waals surface area contributed by atoms with Crippen LogP contribution >= 0.6 is 11.6 Å². The molecule has 0 unspecified atom stereocenters. The number of rotatable bonds is 6. The minimum absolute atomic E-state index is 0.286. The topological polar surface area (TPSA) is 64.7 Å². The minimum Gasteiger partial charge on any atom is -0.308 e. The number of aryl methyl sites for hydroxylation is 1. The van der Waals surface area contributed by atoms with E-state index in [4.69, 9.17) is 11.6 Å². The van der Waals surface area contributed by atoms with Crippen LogP contribution in [0.5, 0.6) is 0 Å². The SMILES string of the molecule is Cc1cc(C(F)F)n(CC(=O)Nc2ccn(Cc3ccc(Cl)cc3)n2)n1. The first-order valence-corrected chi connectivity index (χ1v) is 8.19. The predicted octanol–water partition coefficient (Wildman–Crippen LogP) is 3.67. The van der Waals surface area contributed by atoms with Gasteiger partial charge in [0.15, 0.2) is 5.82 Å². The van der Waals surface area contributed by atoms with Crippen LogP contribution in [0.2, 0.25) is 5.02 Å². The number of carbonyl (C=O) groups is 1. The summed E-state index contributed by atoms with van der Waals surface area (Å²) in [7, 11) is 0. The molecule has 0 radical (unpaired) electrons. The highest BCUT2D eigenvalue weighted by atomic mass is 35.5. The predicted molar refractivity (Wildman–Crippen MR) is 93.3 cm³/mol. The average molecular weight is 380 g/mol. The highest BCUT2D eigenvalue weighted by molar-refractivity contribution is 6.30. The zero-order chi connectivity index (χ0) is 18.7. The van der Waals surface area contributed by atoms with Gasteiger partial charge in [0.2, 0.25) is 5.91 Å². The molecule has 0 aliphatic rings. The van der Waals surface area contributed by atoms with Gasteiger partial charge in [-0.25, -0.2) is 8.78 Å². The first-order valence-electron chi connectivity index (χ1n) is 7.81. The van der Waals surface area contributed by atoms with Crippen molar-refractivity contribution in [3.8, 4) is 0 Å². The van der Waals surface area contributed by atoms with E-state index in [1.807, 2.05) is 12.1 Å². The second-order valence-electron chi connectivity index (χ2n) is 5.74. The van der Waals surface area contributed by atoms with Gasteiger partial charge in [-0.3, -0.25) is 14.2 Å². The molecule has 6 nitrogen and oxygen atoms in total. The standard InChI is InChI=1S/C17H16ClF2N5O/c1-11-8-14(17(19)20)25(22-11)10-16(26)21-15-6-7-24(23-15)9-12-2-4-13(18)5-3-12/h2-8,17H,9-10H2,1H3,(H,21,23,26). The Bertz CT molecular complexity index is 904. The number of halogens is 3. The Labute approximate surface area is 153 Å². The van der Waals surface area contributed by atoms with Crippen LogP contribution < -0.4 is 5.32 Å². The van der Waals surface area contributed by atoms with Gasteiger partial charge in [0.25, 0.3) is 6.43 Å². The lowest BCUT2D eigenvalue weighted by Crippen LogP contribution is -2.21. The third-order valence-electron chi connectivity index (χ3n) is 3.62. The number of hydrogen-bond acceptors (Lipinski definition) is 3. The van der Waals surface area contributed by atoms with E-state index in [1.54, 1.807) is 36.0 Å². The second kappa shape index (κ2) is 7.65. The molecular weight excluding hydrogens is 364 g/mol. The van der Waals surface area contributed by atoms with E-state index in [0.29, 0.717) is 23.1 Å². The lowest BCUT2D eigenvalue weighted by atomic mass is 10.2. The molecule has 0 saturated heterocycles. The zero-order valence-electron chi connectivity index (χ0n) is 13.9. The van der Waals surface area contributed by atoms with E-state index in [9.17, 15) is 13.6 Å². The summed E-state index contributed by atoms with van der Waals surface area (Å²) in [6.07, 6.45) is -0.977. The summed E-state index contributed by atoms with van der Waals surface area (Å²) in [5.74, 6) is -0.141. The van der Waals surface area contributed by atoms with Crippen LogP contribution in [0, 0.1) is 6.92 Å². The summed E-state index contributed by atoms with van der Waals surface area (Å²) in [6, 6.07) is 10.2. The molecule has 0 bridgehead atoms. The highest BCUT2D eigenvalue weighted by Crippen LogP contribution is 2.19. The Balaban J connectivity index is 1.62. The highest BCUT2D eigenvalue weighted by Gasteiger charge is 2.17. The van der Waals surface area contributed by atoms with Gasteiger partial charge in [-0.2, -0.15) is 10.2 Å². The van der Waals surface area contributed by atoms with Crippen molar-refractivity contribution in [3.63, 3.8) is 0 Å². The third-order valence-corrected chi connectivity index (χ3v) is 3.87. The number of anilines is 1. The van der Waals surface area contributed by atoms with Gasteiger partial charge >= 0.3 is 0 Å². The summed E-state index contributed by atoms with van der Waals surface area (Å²) in [6.45, 7) is 1.80. The average Bonchev–Trinajstić information content (AvgIpc) is 3.16. The molecule has 0 saturated carbocycles. The molecule has 1 aromatic carbocycles. The molecule has 0 atom stereocenters. The summed E-state index contributed by atoms with van der Waals surface area (Å²) >= 11 is 5.85. The van der Waals surface area contributed by atoms with Crippen molar-refractivity contribution in [1.82, 2.24) is 19.6 Å². The van der Waals surface area contributed by atoms with Gasteiger partial charge in [-0.05, 0) is 30.7 Å². The van der Waals surface area contributed by atoms with E-state index in [2.05, 4.69) is 15.5 Å². The monoisotopic (exact) mass is 379 g/mol. The Kier molecular flexibility index (Phi) is 5.32. The Morgan fingerprint density at radius 1 is 1.23 bits per heavy atom. The summed E-state index contributed by atoms with van der Waals surface area (Å²) in [5.41, 5.74) is 1.15. The maximum absolute atomic E-state index is 12.9. The first kappa shape index (κ1) is 18.1. The van der Waals surface area contributed by atoms with Crippen molar-refractivity contribution in [2.75, 3.05) is 5.32 Å². The number of amides is 1. The number of nitrogens with one attached hydrogen (secondary N) is 1. The van der Waals surface area contributed by atoms with Crippen molar-refractivity contribution in [2.24, 2.45) is 0 Å². The molecule has 0 fully saturated rings. The Morgan fingerprint density at radius 2 is 1.96 bits per heavy atom. The van der Waals surface area contributed by atoms with Crippen LogP contribution in [0.3, 0.4) is 0 Å². The van der Waals surface area contributed by atoms with Crippen molar-refractivity contribution >= 4 is 23.3 Å². The molecule has 3 aromatic rings. The van der Waals surface area contributed by atoms with Crippen LogP contribution in [-0.2, 0) is 17.9 Å². The number of nitrogens with zero attached hydrogens (tertiary/aromatic N) is 4. The van der Waals surface area contributed by atoms with Crippen LogP contribution in [-0.4, -0.2) is 25.5 Å². The molecule has 0 aliphatic heterocycles. The Hall–Kier alpha value is -2.74. The molecule has 26 heavy (non-hydrogen) atoms. The van der Waals surface area contributed by atoms with Crippen LogP contribution in [0.4, 0.5) is 14.6 Å². The van der Waals surface area contributed by atoms with E-state index in [-0.39, 0.29) is 12.2 Å². The summed E-state index contributed by atoms with van der Waals surface area (Å²) < 4.78 is 28.5. The fraction of sp³-hybridized carbons (Fsp3) is 0.235. The first-order chi connectivity index (χ1) is 12.4. The molecule has 2 aromatic heterocycles. The molecule has 136 valence electrons. The number of aromatic nitrogens is 4. The van der Waals surface area contributed by atoms with Gasteiger partial charge in [0.1, 0.15) is 12.2 Å². The molecule has 3 rings (SSSR count). The lowest BCUT2D eigenvalue weighted by Gasteiger charge is -2.06. The van der Waals surface area contributed by atoms with Crippen LogP contribution in [0.25, 0.3) is 0 Å². The fourth-order valence-electron chi connectivity index (χ4n) is 2.48. The molecule has 0 spiro atoms. The maximum Gasteiger partial charge on any atom is 0.280 e. The minimum atomic E-state index is -2.69. The molecular formula is C17H16ClF2N5O. The smallest absolute Gasteiger partial charge is 0.280 e. The molecule has 9 heteroatoms. The van der Waals surface area contributed by atoms with E-state index in [0.717, 1.165) is 10.2 Å². The molecule has 1 amide bonds. The van der Waals surface area contributed by atoms with E-state index >= 15 is 0 Å². The third kappa shape index (κ3) is 4.45. The molecule has 1 N–H and O–H groups in total. The van der Waals surface area contributed by atoms with Crippen molar-refractivity contribution in [1.29, 1.82) is 0 Å². The fourth-order valence-corrected chi connectivity index (χ4v) is 2.61. The van der Waals surface area contributed by atoms with Gasteiger partial charge in [-0.15, -0.1) is 0 Å². The van der Waals surface area contributed by atoms with Crippen molar-refractivity contribution in [2.45, 2.75) is 26.4 Å². The zero-order valence-corrected chi connectivity index (χ0v) is 14.6. The normalized spacial score (nSPS) is 11.1. The number of hydrogen-bond donors (Lipinski definition) is 1. The second-order valence-corrected chi connectivity index (χ2v) is 6.18. The maximum atomic E-state index is 12.9. The summed E-state index contributed by atoms with van der Waals surface area (Å²) in [4.78, 5) is 12.1. The quantitative estimate of drug-likeness (QED) is 0.710. The number of benzene rings is 1. The summed E-state index contributed by atoms with van der Waals surface area (Å²) in [5, 5.41) is 11.4. The van der Waals surface area contributed by atoms with E-state index in [1.165, 1.54) is 6.07 Å². The lowest BCUT2D eigenvalue weighted by molar-refractivity contribution is -0.117. The van der Waals surface area contributed by atoms with Crippen molar-refractivity contribution < 1.29 is 13.6 Å². The van der Waals surface area contributed by atoms with Gasteiger partial charge in [0.05, 0.1) is 12.2 Å². The van der Waals surface area contributed by atoms with Crippen LogP contribution in [0.15, 0.2) is 42.6 Å². The number of alkyl halides is 2.